The van der Waals surface area contributed by atoms with Crippen LogP contribution in [0.25, 0.3) is 0 Å². The van der Waals surface area contributed by atoms with Crippen molar-refractivity contribution < 1.29 is 9.47 Å². The van der Waals surface area contributed by atoms with Crippen LogP contribution in [-0.2, 0) is 0 Å². The number of hydrogen-bond acceptors (Lipinski definition) is 5. The maximum atomic E-state index is 6.16. The van der Waals surface area contributed by atoms with Gasteiger partial charge in [-0.2, -0.15) is 0 Å². The summed E-state index contributed by atoms with van der Waals surface area (Å²) in [5.41, 5.74) is 7.84. The Hall–Kier alpha value is -1.88. The number of nitrogens with two attached hydrogens (primary N) is 1. The van der Waals surface area contributed by atoms with Gasteiger partial charge in [0.15, 0.2) is 11.5 Å². The van der Waals surface area contributed by atoms with Crippen LogP contribution in [0.1, 0.15) is 17.8 Å². The zero-order chi connectivity index (χ0) is 14.1. The number of nitrogens with zero attached hydrogens (tertiary/aromatic N) is 1. The van der Waals surface area contributed by atoms with E-state index in [1.807, 2.05) is 19.2 Å². The second-order valence-electron chi connectivity index (χ2n) is 4.86. The van der Waals surface area contributed by atoms with Gasteiger partial charge in [-0.05, 0) is 18.4 Å². The molecule has 1 aromatic carbocycles. The van der Waals surface area contributed by atoms with Gasteiger partial charge in [0.2, 0.25) is 0 Å². The molecule has 0 fully saturated rings. The summed E-state index contributed by atoms with van der Waals surface area (Å²) < 4.78 is 11.2. The normalized spacial score (nSPS) is 14.9. The van der Waals surface area contributed by atoms with E-state index in [9.17, 15) is 0 Å². The molecular weight excluding hydrogens is 272 g/mol. The van der Waals surface area contributed by atoms with Crippen molar-refractivity contribution in [3.8, 4) is 11.5 Å². The summed E-state index contributed by atoms with van der Waals surface area (Å²) in [6.07, 6.45) is 0. The van der Waals surface area contributed by atoms with Gasteiger partial charge in [0.25, 0.3) is 0 Å². The maximum absolute atomic E-state index is 6.16. The quantitative estimate of drug-likeness (QED) is 0.881. The number of fused-ring (bicyclic) bond motifs is 1. The summed E-state index contributed by atoms with van der Waals surface area (Å²) in [7, 11) is 2.05. The Balaban J connectivity index is 1.93. The van der Waals surface area contributed by atoms with E-state index < -0.39 is 0 Å². The van der Waals surface area contributed by atoms with Crippen LogP contribution in [-0.4, -0.2) is 20.3 Å². The van der Waals surface area contributed by atoms with Crippen molar-refractivity contribution in [2.75, 3.05) is 30.9 Å². The van der Waals surface area contributed by atoms with Crippen LogP contribution in [0.15, 0.2) is 29.6 Å². The van der Waals surface area contributed by atoms with Crippen molar-refractivity contribution in [3.05, 3.63) is 34.5 Å². The highest BCUT2D eigenvalue weighted by Gasteiger charge is 2.20. The Morgan fingerprint density at radius 1 is 1.25 bits per heavy atom. The van der Waals surface area contributed by atoms with E-state index in [0.29, 0.717) is 18.9 Å². The molecule has 1 unspecified atom stereocenters. The van der Waals surface area contributed by atoms with Gasteiger partial charge < -0.3 is 20.1 Å². The molecule has 0 amide bonds. The summed E-state index contributed by atoms with van der Waals surface area (Å²) in [6.45, 7) is 3.33. The third-order valence-electron chi connectivity index (χ3n) is 3.61. The van der Waals surface area contributed by atoms with Gasteiger partial charge in [-0.1, -0.05) is 6.07 Å². The zero-order valence-electron chi connectivity index (χ0n) is 11.6. The smallest absolute Gasteiger partial charge is 0.163 e. The number of nitrogen functional groups attached to an aromatic ring is 1. The molecule has 0 saturated heterocycles. The summed E-state index contributed by atoms with van der Waals surface area (Å²) in [4.78, 5) is 3.47. The Kier molecular flexibility index (Phi) is 3.44. The predicted molar refractivity (Wildman–Crippen MR) is 83.0 cm³/mol. The van der Waals surface area contributed by atoms with Gasteiger partial charge in [-0.25, -0.2) is 0 Å². The van der Waals surface area contributed by atoms with E-state index in [-0.39, 0.29) is 6.04 Å². The number of anilines is 2. The van der Waals surface area contributed by atoms with Crippen molar-refractivity contribution in [1.82, 2.24) is 0 Å². The molecule has 2 aromatic rings. The lowest BCUT2D eigenvalue weighted by molar-refractivity contribution is 0.172. The molecule has 5 heteroatoms. The van der Waals surface area contributed by atoms with Gasteiger partial charge in [0, 0.05) is 24.1 Å². The van der Waals surface area contributed by atoms with E-state index in [1.165, 1.54) is 4.88 Å². The first-order valence-corrected chi connectivity index (χ1v) is 7.50. The minimum Gasteiger partial charge on any atom is -0.486 e. The SMILES string of the molecule is CC(c1cccs1)N(C)c1cc2c(cc1N)OCCO2. The van der Waals surface area contributed by atoms with Gasteiger partial charge in [-0.15, -0.1) is 11.3 Å². The Bertz CT molecular complexity index is 598. The monoisotopic (exact) mass is 290 g/mol. The first-order chi connectivity index (χ1) is 9.66. The van der Waals surface area contributed by atoms with Crippen molar-refractivity contribution >= 4 is 22.7 Å². The first kappa shape index (κ1) is 13.1. The molecule has 0 spiro atoms. The van der Waals surface area contributed by atoms with Crippen molar-refractivity contribution in [1.29, 1.82) is 0 Å². The first-order valence-electron chi connectivity index (χ1n) is 6.62. The summed E-state index contributed by atoms with van der Waals surface area (Å²) >= 11 is 1.75. The lowest BCUT2D eigenvalue weighted by Gasteiger charge is -2.29. The number of ether oxygens (including phenoxy) is 2. The average Bonchev–Trinajstić information content (AvgIpc) is 2.99. The zero-order valence-corrected chi connectivity index (χ0v) is 12.4. The molecule has 1 aliphatic heterocycles. The van der Waals surface area contributed by atoms with Crippen LogP contribution in [0.4, 0.5) is 11.4 Å². The molecule has 3 rings (SSSR count). The van der Waals surface area contributed by atoms with Crippen LogP contribution < -0.4 is 20.1 Å². The predicted octanol–water partition coefficient (Wildman–Crippen LogP) is 3.30. The lowest BCUT2D eigenvalue weighted by atomic mass is 10.1. The van der Waals surface area contributed by atoms with E-state index in [0.717, 1.165) is 17.2 Å². The number of benzene rings is 1. The Morgan fingerprint density at radius 2 is 1.95 bits per heavy atom. The molecule has 0 bridgehead atoms. The number of rotatable bonds is 3. The second kappa shape index (κ2) is 5.25. The topological polar surface area (TPSA) is 47.7 Å². The van der Waals surface area contributed by atoms with Gasteiger partial charge in [0.1, 0.15) is 13.2 Å². The highest BCUT2D eigenvalue weighted by Crippen LogP contribution is 2.40. The molecule has 1 aromatic heterocycles. The summed E-state index contributed by atoms with van der Waals surface area (Å²) in [5.74, 6) is 1.50. The standard InChI is InChI=1S/C15H18N2O2S/c1-10(15-4-3-7-20-15)17(2)12-9-14-13(8-11(12)16)18-5-6-19-14/h3-4,7-10H,5-6,16H2,1-2H3. The molecule has 20 heavy (non-hydrogen) atoms. The van der Waals surface area contributed by atoms with Crippen molar-refractivity contribution in [3.63, 3.8) is 0 Å². The minimum atomic E-state index is 0.264. The van der Waals surface area contributed by atoms with E-state index in [2.05, 4.69) is 29.3 Å². The lowest BCUT2D eigenvalue weighted by Crippen LogP contribution is -2.23. The van der Waals surface area contributed by atoms with Crippen LogP contribution in [0.5, 0.6) is 11.5 Å². The Labute approximate surface area is 122 Å². The molecule has 1 aliphatic rings. The molecule has 2 N–H and O–H groups in total. The molecule has 4 nitrogen and oxygen atoms in total. The van der Waals surface area contributed by atoms with Crippen LogP contribution in [0.2, 0.25) is 0 Å². The molecule has 0 saturated carbocycles. The third-order valence-corrected chi connectivity index (χ3v) is 4.65. The Morgan fingerprint density at radius 3 is 2.60 bits per heavy atom. The molecule has 2 heterocycles. The summed E-state index contributed by atoms with van der Waals surface area (Å²) in [5, 5.41) is 2.09. The molecule has 106 valence electrons. The molecular formula is C15H18N2O2S. The fourth-order valence-corrected chi connectivity index (χ4v) is 3.15. The van der Waals surface area contributed by atoms with Crippen molar-refractivity contribution in [2.24, 2.45) is 0 Å². The average molecular weight is 290 g/mol. The number of thiophene rings is 1. The van der Waals surface area contributed by atoms with Gasteiger partial charge in [-0.3, -0.25) is 0 Å². The van der Waals surface area contributed by atoms with E-state index in [4.69, 9.17) is 15.2 Å². The second-order valence-corrected chi connectivity index (χ2v) is 5.84. The molecule has 0 aliphatic carbocycles. The minimum absolute atomic E-state index is 0.264. The molecule has 1 atom stereocenters. The summed E-state index contributed by atoms with van der Waals surface area (Å²) in [6, 6.07) is 8.28. The highest BCUT2D eigenvalue weighted by molar-refractivity contribution is 7.10. The van der Waals surface area contributed by atoms with E-state index in [1.54, 1.807) is 11.3 Å². The van der Waals surface area contributed by atoms with Crippen molar-refractivity contribution in [2.45, 2.75) is 13.0 Å². The maximum Gasteiger partial charge on any atom is 0.163 e. The highest BCUT2D eigenvalue weighted by atomic mass is 32.1. The van der Waals surface area contributed by atoms with Crippen LogP contribution >= 0.6 is 11.3 Å². The third kappa shape index (κ3) is 2.29. The van der Waals surface area contributed by atoms with Gasteiger partial charge >= 0.3 is 0 Å². The van der Waals surface area contributed by atoms with Crippen LogP contribution in [0, 0.1) is 0 Å². The fourth-order valence-electron chi connectivity index (χ4n) is 2.33. The largest absolute Gasteiger partial charge is 0.486 e. The fraction of sp³-hybridized carbons (Fsp3) is 0.333. The molecule has 0 radical (unpaired) electrons. The number of hydrogen-bond donors (Lipinski definition) is 1. The van der Waals surface area contributed by atoms with Gasteiger partial charge in [0.05, 0.1) is 17.4 Å². The van der Waals surface area contributed by atoms with Crippen LogP contribution in [0.3, 0.4) is 0 Å². The van der Waals surface area contributed by atoms with E-state index >= 15 is 0 Å².